The Labute approximate surface area is 150 Å². The zero-order valence-corrected chi connectivity index (χ0v) is 14.9. The summed E-state index contributed by atoms with van der Waals surface area (Å²) in [5.41, 5.74) is 2.23. The van der Waals surface area contributed by atoms with E-state index >= 15 is 0 Å². The quantitative estimate of drug-likeness (QED) is 0.798. The normalized spacial score (nSPS) is 11.7. The minimum atomic E-state index is -0.844. The van der Waals surface area contributed by atoms with E-state index in [0.29, 0.717) is 10.6 Å². The van der Waals surface area contributed by atoms with Crippen molar-refractivity contribution >= 4 is 23.5 Å². The van der Waals surface area contributed by atoms with E-state index in [4.69, 9.17) is 16.3 Å². The molecule has 0 aliphatic heterocycles. The van der Waals surface area contributed by atoms with E-state index < -0.39 is 17.9 Å². The summed E-state index contributed by atoms with van der Waals surface area (Å²) in [6.07, 6.45) is 1.47. The van der Waals surface area contributed by atoms with E-state index in [1.165, 1.54) is 19.2 Å². The number of nitrogens with zero attached hydrogens (tertiary/aromatic N) is 1. The van der Waals surface area contributed by atoms with Gasteiger partial charge in [0.15, 0.2) is 5.69 Å². The van der Waals surface area contributed by atoms with Crippen LogP contribution in [-0.4, -0.2) is 34.6 Å². The van der Waals surface area contributed by atoms with Gasteiger partial charge in [0.1, 0.15) is 11.8 Å². The molecule has 0 spiro atoms. The second kappa shape index (κ2) is 7.98. The highest BCUT2D eigenvalue weighted by Gasteiger charge is 2.21. The van der Waals surface area contributed by atoms with Crippen LogP contribution in [0.4, 0.5) is 0 Å². The van der Waals surface area contributed by atoms with E-state index in [2.05, 4.69) is 10.3 Å². The summed E-state index contributed by atoms with van der Waals surface area (Å²) < 4.78 is 4.82. The second-order valence-corrected chi connectivity index (χ2v) is 5.93. The Morgan fingerprint density at radius 3 is 2.72 bits per heavy atom. The van der Waals surface area contributed by atoms with Gasteiger partial charge >= 0.3 is 5.97 Å². The number of carbonyl (C=O) groups excluding carboxylic acids is 2. The Morgan fingerprint density at radius 1 is 1.36 bits per heavy atom. The van der Waals surface area contributed by atoms with Gasteiger partial charge in [0.2, 0.25) is 0 Å². The van der Waals surface area contributed by atoms with Crippen molar-refractivity contribution < 1.29 is 19.4 Å². The summed E-state index contributed by atoms with van der Waals surface area (Å²) in [5, 5.41) is 13.2. The molecule has 1 amide bonds. The number of ether oxygens (including phenoxy) is 1. The first-order valence-corrected chi connectivity index (χ1v) is 8.14. The van der Waals surface area contributed by atoms with E-state index in [-0.39, 0.29) is 18.1 Å². The van der Waals surface area contributed by atoms with Gasteiger partial charge in [0, 0.05) is 16.8 Å². The highest BCUT2D eigenvalue weighted by atomic mass is 35.5. The maximum Gasteiger partial charge on any atom is 0.328 e. The fraction of sp³-hybridized carbons (Fsp3) is 0.278. The van der Waals surface area contributed by atoms with Crippen molar-refractivity contribution in [1.82, 2.24) is 10.3 Å². The molecule has 25 heavy (non-hydrogen) atoms. The number of aromatic nitrogens is 1. The number of nitrogens with one attached hydrogen (secondary N) is 1. The standard InChI is InChI=1S/C18H19ClN2O4/c1-4-25-18(24)11(3)21-17(23)16-15(22)7-12(9-20-16)14-8-13(19)6-5-10(14)2/h5-9,11,22H,4H2,1-3H3,(H,21,23). The van der Waals surface area contributed by atoms with Crippen LogP contribution < -0.4 is 5.32 Å². The fourth-order valence-corrected chi connectivity index (χ4v) is 2.44. The van der Waals surface area contributed by atoms with Crippen LogP contribution >= 0.6 is 11.6 Å². The van der Waals surface area contributed by atoms with Crippen molar-refractivity contribution in [2.75, 3.05) is 6.61 Å². The lowest BCUT2D eigenvalue weighted by Gasteiger charge is -2.13. The van der Waals surface area contributed by atoms with Crippen molar-refractivity contribution in [1.29, 1.82) is 0 Å². The molecule has 1 aromatic heterocycles. The van der Waals surface area contributed by atoms with Crippen molar-refractivity contribution in [2.45, 2.75) is 26.8 Å². The summed E-state index contributed by atoms with van der Waals surface area (Å²) in [7, 11) is 0. The Bertz CT molecular complexity index is 808. The number of carbonyl (C=O) groups is 2. The number of esters is 1. The first kappa shape index (κ1) is 18.7. The van der Waals surface area contributed by atoms with Gasteiger partial charge in [-0.25, -0.2) is 9.78 Å². The van der Waals surface area contributed by atoms with Gasteiger partial charge in [0.05, 0.1) is 6.61 Å². The largest absolute Gasteiger partial charge is 0.505 e. The Kier molecular flexibility index (Phi) is 5.98. The van der Waals surface area contributed by atoms with E-state index in [9.17, 15) is 14.7 Å². The van der Waals surface area contributed by atoms with Crippen LogP contribution in [0.1, 0.15) is 29.9 Å². The summed E-state index contributed by atoms with van der Waals surface area (Å²) in [6, 6.07) is 5.98. The molecule has 0 aliphatic carbocycles. The van der Waals surface area contributed by atoms with Crippen LogP contribution in [-0.2, 0) is 9.53 Å². The molecule has 2 rings (SSSR count). The molecule has 2 aromatic rings. The van der Waals surface area contributed by atoms with Crippen molar-refractivity contribution in [3.63, 3.8) is 0 Å². The molecule has 0 aliphatic rings. The Balaban J connectivity index is 2.23. The molecule has 2 N–H and O–H groups in total. The number of aromatic hydroxyl groups is 1. The first-order chi connectivity index (χ1) is 11.8. The number of amides is 1. The predicted octanol–water partition coefficient (Wildman–Crippen LogP) is 3.10. The molecule has 0 fully saturated rings. The average Bonchev–Trinajstić information content (AvgIpc) is 2.56. The Hall–Kier alpha value is -2.60. The number of pyridine rings is 1. The molecule has 1 unspecified atom stereocenters. The van der Waals surface area contributed by atoms with Crippen molar-refractivity contribution in [3.05, 3.63) is 46.7 Å². The van der Waals surface area contributed by atoms with E-state index in [0.717, 1.165) is 11.1 Å². The highest BCUT2D eigenvalue weighted by molar-refractivity contribution is 6.30. The molecular formula is C18H19ClN2O4. The molecule has 7 heteroatoms. The van der Waals surface area contributed by atoms with Gasteiger partial charge in [0.25, 0.3) is 5.91 Å². The van der Waals surface area contributed by atoms with E-state index in [1.807, 2.05) is 13.0 Å². The predicted molar refractivity (Wildman–Crippen MR) is 94.6 cm³/mol. The second-order valence-electron chi connectivity index (χ2n) is 5.50. The lowest BCUT2D eigenvalue weighted by molar-refractivity contribution is -0.144. The van der Waals surface area contributed by atoms with Gasteiger partial charge in [-0.15, -0.1) is 0 Å². The van der Waals surface area contributed by atoms with Gasteiger partial charge in [-0.05, 0) is 50.1 Å². The SMILES string of the molecule is CCOC(=O)C(C)NC(=O)c1ncc(-c2cc(Cl)ccc2C)cc1O. The maximum absolute atomic E-state index is 12.2. The number of hydrogen-bond donors (Lipinski definition) is 2. The lowest BCUT2D eigenvalue weighted by atomic mass is 10.0. The van der Waals surface area contributed by atoms with Crippen LogP contribution in [0.2, 0.25) is 5.02 Å². The summed E-state index contributed by atoms with van der Waals surface area (Å²) in [6.45, 7) is 5.30. The number of benzene rings is 1. The third kappa shape index (κ3) is 4.48. The third-order valence-corrected chi connectivity index (χ3v) is 3.82. The van der Waals surface area contributed by atoms with Crippen molar-refractivity contribution in [2.24, 2.45) is 0 Å². The zero-order valence-electron chi connectivity index (χ0n) is 14.2. The summed E-state index contributed by atoms with van der Waals surface area (Å²) in [5.74, 6) is -1.50. The molecule has 6 nitrogen and oxygen atoms in total. The summed E-state index contributed by atoms with van der Waals surface area (Å²) in [4.78, 5) is 27.8. The molecule has 0 saturated carbocycles. The lowest BCUT2D eigenvalue weighted by Crippen LogP contribution is -2.39. The van der Waals surface area contributed by atoms with Gasteiger partial charge in [-0.1, -0.05) is 17.7 Å². The molecule has 0 bridgehead atoms. The number of hydrogen-bond acceptors (Lipinski definition) is 5. The molecular weight excluding hydrogens is 344 g/mol. The molecule has 1 heterocycles. The molecule has 0 radical (unpaired) electrons. The zero-order chi connectivity index (χ0) is 18.6. The average molecular weight is 363 g/mol. The van der Waals surface area contributed by atoms with Gasteiger partial charge < -0.3 is 15.2 Å². The van der Waals surface area contributed by atoms with Crippen LogP contribution in [0.15, 0.2) is 30.5 Å². The van der Waals surface area contributed by atoms with Crippen molar-refractivity contribution in [3.8, 4) is 16.9 Å². The molecule has 0 saturated heterocycles. The number of halogens is 1. The van der Waals surface area contributed by atoms with Gasteiger partial charge in [-0.2, -0.15) is 0 Å². The monoisotopic (exact) mass is 362 g/mol. The summed E-state index contributed by atoms with van der Waals surface area (Å²) >= 11 is 6.01. The van der Waals surface area contributed by atoms with Gasteiger partial charge in [-0.3, -0.25) is 4.79 Å². The first-order valence-electron chi connectivity index (χ1n) is 7.76. The van der Waals surface area contributed by atoms with Crippen LogP contribution in [0.3, 0.4) is 0 Å². The smallest absolute Gasteiger partial charge is 0.328 e. The van der Waals surface area contributed by atoms with Crippen LogP contribution in [0.5, 0.6) is 5.75 Å². The molecule has 1 atom stereocenters. The minimum Gasteiger partial charge on any atom is -0.505 e. The van der Waals surface area contributed by atoms with E-state index in [1.54, 1.807) is 19.1 Å². The maximum atomic E-state index is 12.2. The fourth-order valence-electron chi connectivity index (χ4n) is 2.27. The topological polar surface area (TPSA) is 88.5 Å². The highest BCUT2D eigenvalue weighted by Crippen LogP contribution is 2.29. The number of aryl methyl sites for hydroxylation is 1. The minimum absolute atomic E-state index is 0.167. The molecule has 1 aromatic carbocycles. The van der Waals surface area contributed by atoms with Crippen LogP contribution in [0.25, 0.3) is 11.1 Å². The number of rotatable bonds is 5. The Morgan fingerprint density at radius 2 is 2.08 bits per heavy atom. The third-order valence-electron chi connectivity index (χ3n) is 3.58. The van der Waals surface area contributed by atoms with Crippen LogP contribution in [0, 0.1) is 6.92 Å². The molecule has 132 valence electrons.